The number of hydrogen-bond donors (Lipinski definition) is 2. The molecule has 0 saturated heterocycles. The third-order valence-electron chi connectivity index (χ3n) is 5.65. The van der Waals surface area contributed by atoms with E-state index in [1.807, 2.05) is 13.8 Å². The highest BCUT2D eigenvalue weighted by Crippen LogP contribution is 2.32. The minimum Gasteiger partial charge on any atom is -0.494 e. The van der Waals surface area contributed by atoms with Gasteiger partial charge in [-0.05, 0) is 61.9 Å². The molecule has 0 heterocycles. The van der Waals surface area contributed by atoms with Crippen LogP contribution in [0.3, 0.4) is 0 Å². The van der Waals surface area contributed by atoms with Gasteiger partial charge in [-0.3, -0.25) is 13.9 Å². The van der Waals surface area contributed by atoms with Gasteiger partial charge < -0.3 is 24.8 Å². The molecule has 2 N–H and O–H groups in total. The Morgan fingerprint density at radius 2 is 1.59 bits per heavy atom. The van der Waals surface area contributed by atoms with Crippen molar-refractivity contribution in [1.29, 1.82) is 0 Å². The molecular formula is C28H33N3O7S. The van der Waals surface area contributed by atoms with Crippen LogP contribution in [0, 0.1) is 0 Å². The third kappa shape index (κ3) is 7.20. The largest absolute Gasteiger partial charge is 0.494 e. The first-order valence-electron chi connectivity index (χ1n) is 12.4. The number of benzene rings is 3. The summed E-state index contributed by atoms with van der Waals surface area (Å²) in [6.45, 7) is 4.14. The van der Waals surface area contributed by atoms with Crippen LogP contribution in [-0.2, 0) is 14.8 Å². The van der Waals surface area contributed by atoms with Gasteiger partial charge in [-0.25, -0.2) is 8.42 Å². The number of hydrogen-bond acceptors (Lipinski definition) is 7. The number of methoxy groups -OCH3 is 2. The van der Waals surface area contributed by atoms with Gasteiger partial charge in [0.25, 0.3) is 15.9 Å². The standard InChI is InChI=1S/C28H33N3O7S/c1-5-17-29-28(33)23-9-7-8-10-24(23)30-27(32)19-31(20-11-13-21(14-12-20)38-6-2)39(34,35)22-15-16-25(36-3)26(18-22)37-4/h7-16,18H,5-6,17,19H2,1-4H3,(H,29,33)(H,30,32). The lowest BCUT2D eigenvalue weighted by atomic mass is 10.1. The van der Waals surface area contributed by atoms with Gasteiger partial charge in [-0.15, -0.1) is 0 Å². The molecule has 0 aromatic heterocycles. The molecule has 11 heteroatoms. The predicted molar refractivity (Wildman–Crippen MR) is 149 cm³/mol. The molecule has 3 rings (SSSR count). The van der Waals surface area contributed by atoms with Crippen LogP contribution < -0.4 is 29.1 Å². The van der Waals surface area contributed by atoms with Gasteiger partial charge in [0.15, 0.2) is 11.5 Å². The van der Waals surface area contributed by atoms with Gasteiger partial charge in [0.05, 0.1) is 42.7 Å². The minimum atomic E-state index is -4.25. The molecule has 0 radical (unpaired) electrons. The Morgan fingerprint density at radius 1 is 0.897 bits per heavy atom. The summed E-state index contributed by atoms with van der Waals surface area (Å²) in [6, 6.07) is 17.1. The molecule has 10 nitrogen and oxygen atoms in total. The summed E-state index contributed by atoms with van der Waals surface area (Å²) in [5.41, 5.74) is 0.790. The van der Waals surface area contributed by atoms with Gasteiger partial charge in [0.1, 0.15) is 12.3 Å². The lowest BCUT2D eigenvalue weighted by molar-refractivity contribution is -0.114. The SMILES string of the molecule is CCCNC(=O)c1ccccc1NC(=O)CN(c1ccc(OCC)cc1)S(=O)(=O)c1ccc(OC)c(OC)c1. The van der Waals surface area contributed by atoms with E-state index in [-0.39, 0.29) is 33.5 Å². The summed E-state index contributed by atoms with van der Waals surface area (Å²) in [5.74, 6) is 0.167. The molecule has 0 aliphatic rings. The Bertz CT molecular complexity index is 1390. The maximum Gasteiger partial charge on any atom is 0.264 e. The maximum atomic E-state index is 13.8. The van der Waals surface area contributed by atoms with E-state index in [4.69, 9.17) is 14.2 Å². The van der Waals surface area contributed by atoms with E-state index in [9.17, 15) is 18.0 Å². The van der Waals surface area contributed by atoms with Crippen molar-refractivity contribution in [2.75, 3.05) is 43.5 Å². The number of anilines is 2. The molecule has 2 amide bonds. The zero-order valence-corrected chi connectivity index (χ0v) is 23.2. The van der Waals surface area contributed by atoms with Crippen molar-refractivity contribution in [3.05, 3.63) is 72.3 Å². The van der Waals surface area contributed by atoms with Crippen molar-refractivity contribution in [3.63, 3.8) is 0 Å². The quantitative estimate of drug-likeness (QED) is 0.326. The molecule has 0 unspecified atom stereocenters. The van der Waals surface area contributed by atoms with E-state index >= 15 is 0 Å². The van der Waals surface area contributed by atoms with Gasteiger partial charge in [0.2, 0.25) is 5.91 Å². The highest BCUT2D eigenvalue weighted by molar-refractivity contribution is 7.92. The first-order chi connectivity index (χ1) is 18.7. The van der Waals surface area contributed by atoms with Crippen LogP contribution in [0.1, 0.15) is 30.6 Å². The maximum absolute atomic E-state index is 13.8. The number of rotatable bonds is 13. The van der Waals surface area contributed by atoms with Gasteiger partial charge >= 0.3 is 0 Å². The Balaban J connectivity index is 1.97. The third-order valence-corrected chi connectivity index (χ3v) is 7.42. The summed E-state index contributed by atoms with van der Waals surface area (Å²) in [5, 5.41) is 5.47. The highest BCUT2D eigenvalue weighted by atomic mass is 32.2. The Labute approximate surface area is 228 Å². The molecule has 0 aliphatic carbocycles. The van der Waals surface area contributed by atoms with Crippen molar-refractivity contribution in [2.24, 2.45) is 0 Å². The summed E-state index contributed by atoms with van der Waals surface area (Å²) in [6.07, 6.45) is 0.755. The molecule has 0 saturated carbocycles. The lowest BCUT2D eigenvalue weighted by Gasteiger charge is -2.25. The monoisotopic (exact) mass is 555 g/mol. The number of ether oxygens (including phenoxy) is 3. The van der Waals surface area contributed by atoms with Crippen LogP contribution in [-0.4, -0.2) is 54.1 Å². The van der Waals surface area contributed by atoms with E-state index in [0.29, 0.717) is 24.7 Å². The number of amides is 2. The van der Waals surface area contributed by atoms with E-state index < -0.39 is 22.5 Å². The number of carbonyl (C=O) groups is 2. The molecule has 3 aromatic carbocycles. The fourth-order valence-corrected chi connectivity index (χ4v) is 5.18. The molecular weight excluding hydrogens is 522 g/mol. The normalized spacial score (nSPS) is 10.9. The van der Waals surface area contributed by atoms with Crippen molar-refractivity contribution in [2.45, 2.75) is 25.2 Å². The van der Waals surface area contributed by atoms with Gasteiger partial charge in [-0.2, -0.15) is 0 Å². The van der Waals surface area contributed by atoms with Gasteiger partial charge in [-0.1, -0.05) is 19.1 Å². The second-order valence-electron chi connectivity index (χ2n) is 8.31. The fourth-order valence-electron chi connectivity index (χ4n) is 3.74. The number of carbonyl (C=O) groups excluding carboxylic acids is 2. The average Bonchev–Trinajstić information content (AvgIpc) is 2.95. The molecule has 208 valence electrons. The second-order valence-corrected chi connectivity index (χ2v) is 10.2. The first kappa shape index (κ1) is 29.3. The zero-order chi connectivity index (χ0) is 28.4. The van der Waals surface area contributed by atoms with E-state index in [0.717, 1.165) is 10.7 Å². The highest BCUT2D eigenvalue weighted by Gasteiger charge is 2.29. The predicted octanol–water partition coefficient (Wildman–Crippen LogP) is 4.08. The van der Waals surface area contributed by atoms with Crippen molar-refractivity contribution in [1.82, 2.24) is 5.32 Å². The minimum absolute atomic E-state index is 0.0961. The molecule has 0 bridgehead atoms. The van der Waals surface area contributed by atoms with E-state index in [1.165, 1.54) is 32.4 Å². The molecule has 0 fully saturated rings. The van der Waals surface area contributed by atoms with Crippen LogP contribution in [0.15, 0.2) is 71.6 Å². The number of sulfonamides is 1. The van der Waals surface area contributed by atoms with E-state index in [1.54, 1.807) is 48.5 Å². The lowest BCUT2D eigenvalue weighted by Crippen LogP contribution is -2.38. The summed E-state index contributed by atoms with van der Waals surface area (Å²) in [4.78, 5) is 25.7. The molecule has 0 aliphatic heterocycles. The topological polar surface area (TPSA) is 123 Å². The molecule has 0 spiro atoms. The Morgan fingerprint density at radius 3 is 2.23 bits per heavy atom. The molecule has 39 heavy (non-hydrogen) atoms. The zero-order valence-electron chi connectivity index (χ0n) is 22.4. The van der Waals surface area contributed by atoms with Crippen molar-refractivity contribution < 1.29 is 32.2 Å². The Hall–Kier alpha value is -4.25. The second kappa shape index (κ2) is 13.5. The number of nitrogens with one attached hydrogen (secondary N) is 2. The van der Waals surface area contributed by atoms with Crippen molar-refractivity contribution >= 4 is 33.2 Å². The van der Waals surface area contributed by atoms with Crippen LogP contribution >= 0.6 is 0 Å². The smallest absolute Gasteiger partial charge is 0.264 e. The van der Waals surface area contributed by atoms with Crippen molar-refractivity contribution in [3.8, 4) is 17.2 Å². The summed E-state index contributed by atoms with van der Waals surface area (Å²) >= 11 is 0. The fraction of sp³-hybridized carbons (Fsp3) is 0.286. The first-order valence-corrected chi connectivity index (χ1v) is 13.8. The number of nitrogens with zero attached hydrogens (tertiary/aromatic N) is 1. The van der Waals surface area contributed by atoms with Crippen LogP contribution in [0.5, 0.6) is 17.2 Å². The number of para-hydroxylation sites is 1. The van der Waals surface area contributed by atoms with Crippen LogP contribution in [0.4, 0.5) is 11.4 Å². The average molecular weight is 556 g/mol. The van der Waals surface area contributed by atoms with Crippen LogP contribution in [0.2, 0.25) is 0 Å². The summed E-state index contributed by atoms with van der Waals surface area (Å²) < 4.78 is 44.7. The van der Waals surface area contributed by atoms with E-state index in [2.05, 4.69) is 10.6 Å². The van der Waals surface area contributed by atoms with Gasteiger partial charge in [0, 0.05) is 12.6 Å². The molecule has 0 atom stereocenters. The summed E-state index contributed by atoms with van der Waals surface area (Å²) in [7, 11) is -1.40. The van der Waals surface area contributed by atoms with Crippen LogP contribution in [0.25, 0.3) is 0 Å². The Kier molecular flexibility index (Phi) is 10.2. The molecule has 3 aromatic rings.